The highest BCUT2D eigenvalue weighted by Crippen LogP contribution is 2.42. The zero-order valence-electron chi connectivity index (χ0n) is 35.1. The lowest BCUT2D eigenvalue weighted by Gasteiger charge is -2.14. The van der Waals surface area contributed by atoms with E-state index < -0.39 is 7.60 Å². The van der Waals surface area contributed by atoms with E-state index in [4.69, 9.17) is 9.97 Å². The van der Waals surface area contributed by atoms with Gasteiger partial charge in [-0.25, -0.2) is 9.97 Å². The summed E-state index contributed by atoms with van der Waals surface area (Å²) in [6.45, 7) is 17.2. The fraction of sp³-hybridized carbons (Fsp3) is 0.154. The van der Waals surface area contributed by atoms with Crippen LogP contribution in [0.5, 0.6) is 0 Å². The first-order valence-electron chi connectivity index (χ1n) is 20.2. The van der Waals surface area contributed by atoms with Gasteiger partial charge in [-0.3, -0.25) is 4.57 Å². The monoisotopic (exact) mass is 806 g/mol. The summed E-state index contributed by atoms with van der Waals surface area (Å²) in [4.78, 5) is 38.6. The minimum atomic E-state index is -4.46. The van der Waals surface area contributed by atoms with E-state index in [1.165, 1.54) is 39.9 Å². The lowest BCUT2D eigenvalue weighted by Crippen LogP contribution is -2.02. The summed E-state index contributed by atoms with van der Waals surface area (Å²) in [7, 11) is -4.46. The van der Waals surface area contributed by atoms with Crippen LogP contribution in [0.4, 0.5) is 0 Å². The molecule has 8 bridgehead atoms. The van der Waals surface area contributed by atoms with Crippen molar-refractivity contribution in [1.82, 2.24) is 19.9 Å². The number of aromatic nitrogens is 4. The number of hydrogen-bond acceptors (Lipinski definition) is 3. The van der Waals surface area contributed by atoms with Crippen molar-refractivity contribution in [2.24, 2.45) is 0 Å². The molecule has 7 nitrogen and oxygen atoms in total. The molecule has 0 fully saturated rings. The van der Waals surface area contributed by atoms with Crippen molar-refractivity contribution in [1.29, 1.82) is 0 Å². The molecule has 0 spiro atoms. The lowest BCUT2D eigenvalue weighted by molar-refractivity contribution is 0.387. The molecule has 8 heteroatoms. The largest absolute Gasteiger partial charge is 0.356 e. The molecule has 4 N–H and O–H groups in total. The Morgan fingerprint density at radius 3 is 1.23 bits per heavy atom. The second-order valence-electron chi connectivity index (χ2n) is 16.5. The van der Waals surface area contributed by atoms with Gasteiger partial charge in [0.05, 0.1) is 28.1 Å². The van der Waals surface area contributed by atoms with Gasteiger partial charge in [0.1, 0.15) is 0 Å². The van der Waals surface area contributed by atoms with Crippen molar-refractivity contribution in [2.75, 3.05) is 0 Å². The van der Waals surface area contributed by atoms with Crippen molar-refractivity contribution in [3.63, 3.8) is 0 Å². The number of nitrogens with one attached hydrogen (secondary N) is 2. The van der Waals surface area contributed by atoms with E-state index in [1.807, 2.05) is 6.08 Å². The quantitative estimate of drug-likeness (QED) is 0.129. The highest BCUT2D eigenvalue weighted by Gasteiger charge is 2.23. The molecule has 60 heavy (non-hydrogen) atoms. The molecule has 0 saturated carbocycles. The van der Waals surface area contributed by atoms with Crippen LogP contribution >= 0.6 is 7.60 Å². The minimum absolute atomic E-state index is 0.0392. The standard InChI is InChI=1S/C52H47N4O3P/c1-28-9-14-38(31(4)23-28)50-41-17-15-39(53-41)49(36-10-12-37(13-11-36)60(57,58)59)40-16-19-43(54-40)51(47-32(5)24-29(2)25-33(47)6)45-21-22-46(56-45)52(44-20-18-42(50)55-44)48-34(7)26-30(3)27-35(48)8/h9-27,54-55H,1-8H3,(H2,57,58,59). The van der Waals surface area contributed by atoms with E-state index in [-0.39, 0.29) is 5.30 Å². The predicted octanol–water partition coefficient (Wildman–Crippen LogP) is 12.6. The van der Waals surface area contributed by atoms with Gasteiger partial charge in [0.15, 0.2) is 0 Å². The summed E-state index contributed by atoms with van der Waals surface area (Å²) in [5.74, 6) is 0. The summed E-state index contributed by atoms with van der Waals surface area (Å²) in [5, 5.41) is -0.0392. The number of rotatable bonds is 5. The number of aromatic amines is 2. The Hall–Kier alpha value is -6.37. The van der Waals surface area contributed by atoms with Gasteiger partial charge in [-0.15, -0.1) is 0 Å². The number of nitrogens with zero attached hydrogens (tertiary/aromatic N) is 2. The molecule has 2 aliphatic heterocycles. The predicted molar refractivity (Wildman–Crippen MR) is 250 cm³/mol. The molecule has 0 aliphatic carbocycles. The maximum Gasteiger partial charge on any atom is 0.356 e. The normalized spacial score (nSPS) is 12.4. The van der Waals surface area contributed by atoms with Crippen LogP contribution in [0.2, 0.25) is 0 Å². The molecule has 9 rings (SSSR count). The lowest BCUT2D eigenvalue weighted by atomic mass is 9.92. The number of fused-ring (bicyclic) bond motifs is 8. The van der Waals surface area contributed by atoms with Gasteiger partial charge < -0.3 is 19.8 Å². The van der Waals surface area contributed by atoms with E-state index in [9.17, 15) is 14.4 Å². The number of hydrogen-bond donors (Lipinski definition) is 4. The Bertz CT molecular complexity index is 3190. The van der Waals surface area contributed by atoms with Crippen molar-refractivity contribution >= 4 is 59.3 Å². The average molecular weight is 807 g/mol. The molecule has 298 valence electrons. The summed E-state index contributed by atoms with van der Waals surface area (Å²) >= 11 is 0. The third kappa shape index (κ3) is 6.89. The Labute approximate surface area is 350 Å². The van der Waals surface area contributed by atoms with E-state index in [1.54, 1.807) is 12.1 Å². The van der Waals surface area contributed by atoms with Crippen LogP contribution in [0.15, 0.2) is 91.0 Å². The molecule has 0 unspecified atom stereocenters. The van der Waals surface area contributed by atoms with E-state index in [0.29, 0.717) is 0 Å². The fourth-order valence-electron chi connectivity index (χ4n) is 9.38. The van der Waals surface area contributed by atoms with E-state index in [2.05, 4.69) is 150 Å². The molecule has 0 radical (unpaired) electrons. The topological polar surface area (TPSA) is 115 Å². The molecular formula is C52H47N4O3P. The molecule has 5 heterocycles. The van der Waals surface area contributed by atoms with Crippen molar-refractivity contribution < 1.29 is 14.4 Å². The average Bonchev–Trinajstić information content (AvgIpc) is 4.01. The highest BCUT2D eigenvalue weighted by atomic mass is 31.2. The van der Waals surface area contributed by atoms with Crippen molar-refractivity contribution in [3.8, 4) is 44.5 Å². The van der Waals surface area contributed by atoms with Crippen molar-refractivity contribution in [2.45, 2.75) is 55.4 Å². The van der Waals surface area contributed by atoms with Gasteiger partial charge in [0.25, 0.3) is 0 Å². The molecular weight excluding hydrogens is 760 g/mol. The first-order valence-corrected chi connectivity index (χ1v) is 21.8. The third-order valence-corrected chi connectivity index (χ3v) is 12.7. The summed E-state index contributed by atoms with van der Waals surface area (Å²) in [6.07, 6.45) is 8.38. The number of benzene rings is 4. The minimum Gasteiger partial charge on any atom is -0.354 e. The van der Waals surface area contributed by atoms with E-state index in [0.717, 1.165) is 106 Å². The first kappa shape index (κ1) is 39.1. The van der Waals surface area contributed by atoms with Gasteiger partial charge in [0, 0.05) is 44.3 Å². The second-order valence-corrected chi connectivity index (χ2v) is 18.1. The summed E-state index contributed by atoms with van der Waals surface area (Å²) in [6, 6.07) is 30.5. The Balaban J connectivity index is 1.50. The van der Waals surface area contributed by atoms with Crippen LogP contribution < -0.4 is 5.30 Å². The van der Waals surface area contributed by atoms with Crippen LogP contribution in [0.3, 0.4) is 0 Å². The summed E-state index contributed by atoms with van der Waals surface area (Å²) < 4.78 is 12.3. The smallest absolute Gasteiger partial charge is 0.354 e. The number of H-pyrrole nitrogens is 2. The van der Waals surface area contributed by atoms with Crippen LogP contribution in [0.25, 0.3) is 90.9 Å². The molecule has 3 aromatic heterocycles. The van der Waals surface area contributed by atoms with E-state index >= 15 is 0 Å². The van der Waals surface area contributed by atoms with Crippen LogP contribution in [-0.2, 0) is 4.57 Å². The molecule has 4 aromatic carbocycles. The molecule has 0 amide bonds. The van der Waals surface area contributed by atoms with Crippen LogP contribution in [-0.4, -0.2) is 29.7 Å². The Kier molecular flexibility index (Phi) is 9.59. The second kappa shape index (κ2) is 14.7. The van der Waals surface area contributed by atoms with Crippen LogP contribution in [0.1, 0.15) is 67.3 Å². The Morgan fingerprint density at radius 1 is 0.417 bits per heavy atom. The molecule has 2 aliphatic rings. The molecule has 0 atom stereocenters. The van der Waals surface area contributed by atoms with Gasteiger partial charge in [-0.1, -0.05) is 71.3 Å². The highest BCUT2D eigenvalue weighted by molar-refractivity contribution is 7.60. The zero-order valence-corrected chi connectivity index (χ0v) is 36.0. The SMILES string of the molecule is Cc1ccc(-c2c3nc(c(-c4ccc(P(=O)(O)O)cc4)c4ccc([nH]4)c(-c4c(C)cc(C)cc4C)c4nc(c(-c5c(C)cc(C)cc5C)c5ccc2[nH]5)C=C4)C=C3)c(C)c1. The van der Waals surface area contributed by atoms with Crippen LogP contribution in [0, 0.1) is 55.4 Å². The third-order valence-electron chi connectivity index (χ3n) is 11.8. The molecule has 0 saturated heterocycles. The van der Waals surface area contributed by atoms with Gasteiger partial charge >= 0.3 is 7.60 Å². The number of aryl methyl sites for hydroxylation is 8. The molecule has 7 aromatic rings. The zero-order chi connectivity index (χ0) is 42.2. The first-order chi connectivity index (χ1) is 28.6. The van der Waals surface area contributed by atoms with Gasteiger partial charge in [-0.2, -0.15) is 0 Å². The van der Waals surface area contributed by atoms with Gasteiger partial charge in [-0.05, 0) is 166 Å². The Morgan fingerprint density at radius 2 is 0.800 bits per heavy atom. The fourth-order valence-corrected chi connectivity index (χ4v) is 9.92. The van der Waals surface area contributed by atoms with Crippen molar-refractivity contribution in [3.05, 3.63) is 158 Å². The summed E-state index contributed by atoms with van der Waals surface area (Å²) in [5.41, 5.74) is 24.1. The van der Waals surface area contributed by atoms with Gasteiger partial charge in [0.2, 0.25) is 0 Å². The maximum absolute atomic E-state index is 12.3. The maximum atomic E-state index is 12.3.